The molecule has 8 heteroatoms. The predicted octanol–water partition coefficient (Wildman–Crippen LogP) is 4.45. The van der Waals surface area contributed by atoms with Gasteiger partial charge in [-0.15, -0.1) is 0 Å². The molecule has 4 rings (SSSR count). The standard InChI is InChI=1S/C25H27N3O4S/c1-6-33(30,31)19-8-10-24(32-5)22(12-19)23-15-27(4)25(29)20-9-7-17(11-21(20)23)18-13-26-28(14-18)16(2)3/h7-16H,6H2,1-5H3. The van der Waals surface area contributed by atoms with Crippen LogP contribution in [0.3, 0.4) is 0 Å². The normalized spacial score (nSPS) is 11.9. The highest BCUT2D eigenvalue weighted by molar-refractivity contribution is 7.91. The molecular formula is C25H27N3O4S. The Balaban J connectivity index is 2.02. The molecule has 33 heavy (non-hydrogen) atoms. The van der Waals surface area contributed by atoms with Crippen LogP contribution in [0.25, 0.3) is 33.0 Å². The highest BCUT2D eigenvalue weighted by Crippen LogP contribution is 2.37. The molecule has 0 radical (unpaired) electrons. The summed E-state index contributed by atoms with van der Waals surface area (Å²) in [7, 11) is -0.187. The van der Waals surface area contributed by atoms with E-state index in [0.29, 0.717) is 16.7 Å². The Morgan fingerprint density at radius 2 is 1.76 bits per heavy atom. The van der Waals surface area contributed by atoms with Crippen molar-refractivity contribution < 1.29 is 13.2 Å². The molecule has 0 atom stereocenters. The summed E-state index contributed by atoms with van der Waals surface area (Å²) in [4.78, 5) is 13.1. The van der Waals surface area contributed by atoms with Gasteiger partial charge >= 0.3 is 0 Å². The fourth-order valence-electron chi connectivity index (χ4n) is 3.89. The van der Waals surface area contributed by atoms with Crippen LogP contribution >= 0.6 is 0 Å². The maximum atomic E-state index is 12.9. The minimum absolute atomic E-state index is 0.00319. The first kappa shape index (κ1) is 22.8. The van der Waals surface area contributed by atoms with Crippen LogP contribution in [0.2, 0.25) is 0 Å². The van der Waals surface area contributed by atoms with Crippen LogP contribution in [0.15, 0.2) is 64.7 Å². The van der Waals surface area contributed by atoms with Gasteiger partial charge in [-0.2, -0.15) is 5.10 Å². The van der Waals surface area contributed by atoms with Crippen molar-refractivity contribution in [2.45, 2.75) is 31.7 Å². The summed E-state index contributed by atoms with van der Waals surface area (Å²) in [5, 5.41) is 5.69. The van der Waals surface area contributed by atoms with Gasteiger partial charge in [0.05, 0.1) is 24.0 Å². The first-order chi connectivity index (χ1) is 15.7. The molecule has 0 aliphatic rings. The topological polar surface area (TPSA) is 83.2 Å². The van der Waals surface area contributed by atoms with Gasteiger partial charge < -0.3 is 9.30 Å². The van der Waals surface area contributed by atoms with Gasteiger partial charge in [-0.05, 0) is 55.1 Å². The first-order valence-electron chi connectivity index (χ1n) is 10.8. The molecule has 2 aromatic heterocycles. The van der Waals surface area contributed by atoms with Crippen molar-refractivity contribution in [3.05, 3.63) is 65.3 Å². The molecular weight excluding hydrogens is 438 g/mol. The molecule has 2 aromatic carbocycles. The molecule has 0 N–H and O–H groups in total. The number of fused-ring (bicyclic) bond motifs is 1. The van der Waals surface area contributed by atoms with Crippen molar-refractivity contribution in [2.75, 3.05) is 12.9 Å². The minimum atomic E-state index is -3.42. The van der Waals surface area contributed by atoms with E-state index >= 15 is 0 Å². The number of rotatable bonds is 6. The first-order valence-corrected chi connectivity index (χ1v) is 12.4. The summed E-state index contributed by atoms with van der Waals surface area (Å²) in [5.41, 5.74) is 3.05. The highest BCUT2D eigenvalue weighted by atomic mass is 32.2. The molecule has 172 valence electrons. The van der Waals surface area contributed by atoms with E-state index in [0.717, 1.165) is 22.1 Å². The second-order valence-corrected chi connectivity index (χ2v) is 10.6. The molecule has 0 saturated carbocycles. The average Bonchev–Trinajstić information content (AvgIpc) is 3.31. The lowest BCUT2D eigenvalue weighted by Gasteiger charge is -2.15. The Labute approximate surface area is 193 Å². The summed E-state index contributed by atoms with van der Waals surface area (Å²) >= 11 is 0. The summed E-state index contributed by atoms with van der Waals surface area (Å²) in [6.45, 7) is 5.73. The zero-order valence-electron chi connectivity index (χ0n) is 19.4. The molecule has 2 heterocycles. The highest BCUT2D eigenvalue weighted by Gasteiger charge is 2.19. The van der Waals surface area contributed by atoms with Crippen molar-refractivity contribution in [3.8, 4) is 28.0 Å². The van der Waals surface area contributed by atoms with Crippen LogP contribution in [0.5, 0.6) is 5.75 Å². The zero-order valence-corrected chi connectivity index (χ0v) is 20.2. The van der Waals surface area contributed by atoms with Gasteiger partial charge in [0.1, 0.15) is 5.75 Å². The predicted molar refractivity (Wildman–Crippen MR) is 131 cm³/mol. The Morgan fingerprint density at radius 3 is 2.39 bits per heavy atom. The van der Waals surface area contributed by atoms with E-state index in [1.165, 1.54) is 4.57 Å². The maximum absolute atomic E-state index is 12.9. The largest absolute Gasteiger partial charge is 0.496 e. The van der Waals surface area contributed by atoms with Crippen LogP contribution in [-0.2, 0) is 16.9 Å². The van der Waals surface area contributed by atoms with E-state index in [-0.39, 0.29) is 22.2 Å². The van der Waals surface area contributed by atoms with Gasteiger partial charge in [-0.1, -0.05) is 13.0 Å². The fraction of sp³-hybridized carbons (Fsp3) is 0.280. The van der Waals surface area contributed by atoms with Crippen molar-refractivity contribution in [1.29, 1.82) is 0 Å². The molecule has 0 aliphatic carbocycles. The number of aromatic nitrogens is 3. The Bertz CT molecular complexity index is 1510. The number of ether oxygens (including phenoxy) is 1. The van der Waals surface area contributed by atoms with Gasteiger partial charge in [-0.25, -0.2) is 8.42 Å². The van der Waals surface area contributed by atoms with E-state index in [1.807, 2.05) is 29.1 Å². The average molecular weight is 466 g/mol. The number of hydrogen-bond acceptors (Lipinski definition) is 5. The Morgan fingerprint density at radius 1 is 1.00 bits per heavy atom. The maximum Gasteiger partial charge on any atom is 0.258 e. The van der Waals surface area contributed by atoms with Gasteiger partial charge in [0, 0.05) is 47.6 Å². The molecule has 0 saturated heterocycles. The van der Waals surface area contributed by atoms with Crippen molar-refractivity contribution in [1.82, 2.24) is 14.3 Å². The fourth-order valence-corrected chi connectivity index (χ4v) is 4.79. The van der Waals surface area contributed by atoms with Gasteiger partial charge in [0.2, 0.25) is 0 Å². The number of benzene rings is 2. The quantitative estimate of drug-likeness (QED) is 0.420. The minimum Gasteiger partial charge on any atom is -0.496 e. The lowest BCUT2D eigenvalue weighted by molar-refractivity contribution is 0.416. The van der Waals surface area contributed by atoms with E-state index in [1.54, 1.807) is 51.7 Å². The Kier molecular flexibility index (Phi) is 5.88. The van der Waals surface area contributed by atoms with Crippen LogP contribution in [0, 0.1) is 0 Å². The second kappa shape index (κ2) is 8.51. The number of hydrogen-bond donors (Lipinski definition) is 0. The number of aryl methyl sites for hydroxylation is 1. The smallest absolute Gasteiger partial charge is 0.258 e. The number of nitrogens with zero attached hydrogens (tertiary/aromatic N) is 3. The van der Waals surface area contributed by atoms with Gasteiger partial charge in [0.15, 0.2) is 9.84 Å². The summed E-state index contributed by atoms with van der Waals surface area (Å²) in [6, 6.07) is 10.7. The molecule has 0 amide bonds. The van der Waals surface area contributed by atoms with Crippen LogP contribution in [0.4, 0.5) is 0 Å². The van der Waals surface area contributed by atoms with E-state index in [4.69, 9.17) is 4.74 Å². The van der Waals surface area contributed by atoms with Crippen molar-refractivity contribution in [2.24, 2.45) is 7.05 Å². The van der Waals surface area contributed by atoms with Gasteiger partial charge in [-0.3, -0.25) is 9.48 Å². The summed E-state index contributed by atoms with van der Waals surface area (Å²) < 4.78 is 34.1. The van der Waals surface area contributed by atoms with E-state index < -0.39 is 9.84 Å². The summed E-state index contributed by atoms with van der Waals surface area (Å²) in [5.74, 6) is 0.527. The molecule has 0 aliphatic heterocycles. The number of pyridine rings is 1. The Hall–Kier alpha value is -3.39. The lowest BCUT2D eigenvalue weighted by atomic mass is 9.97. The monoisotopic (exact) mass is 465 g/mol. The molecule has 0 unspecified atom stereocenters. The molecule has 7 nitrogen and oxygen atoms in total. The second-order valence-electron chi connectivity index (χ2n) is 8.29. The van der Waals surface area contributed by atoms with Crippen LogP contribution in [-0.4, -0.2) is 35.6 Å². The zero-order chi connectivity index (χ0) is 23.9. The number of sulfone groups is 1. The van der Waals surface area contributed by atoms with Crippen molar-refractivity contribution >= 4 is 20.6 Å². The van der Waals surface area contributed by atoms with Crippen LogP contribution in [0.1, 0.15) is 26.8 Å². The third-order valence-corrected chi connectivity index (χ3v) is 7.58. The lowest BCUT2D eigenvalue weighted by Crippen LogP contribution is -2.16. The molecule has 4 aromatic rings. The summed E-state index contributed by atoms with van der Waals surface area (Å²) in [6.07, 6.45) is 5.50. The SMILES string of the molecule is CCS(=O)(=O)c1ccc(OC)c(-c2cn(C)c(=O)c3ccc(-c4cnn(C(C)C)c4)cc23)c1. The van der Waals surface area contributed by atoms with Gasteiger partial charge in [0.25, 0.3) is 5.56 Å². The molecule has 0 fully saturated rings. The van der Waals surface area contributed by atoms with E-state index in [9.17, 15) is 13.2 Å². The van der Waals surface area contributed by atoms with Crippen molar-refractivity contribution in [3.63, 3.8) is 0 Å². The third-order valence-electron chi connectivity index (χ3n) is 5.85. The molecule has 0 spiro atoms. The van der Waals surface area contributed by atoms with E-state index in [2.05, 4.69) is 18.9 Å². The van der Waals surface area contributed by atoms with Crippen LogP contribution < -0.4 is 10.3 Å². The number of methoxy groups -OCH3 is 1. The molecule has 0 bridgehead atoms. The third kappa shape index (κ3) is 4.06.